The summed E-state index contributed by atoms with van der Waals surface area (Å²) in [6.07, 6.45) is 2.75. The molecule has 0 aromatic heterocycles. The molecule has 0 aliphatic rings. The first-order chi connectivity index (χ1) is 14.8. The van der Waals surface area contributed by atoms with Gasteiger partial charge in [-0.05, 0) is 53.0 Å². The van der Waals surface area contributed by atoms with Crippen molar-refractivity contribution in [2.45, 2.75) is 65.2 Å². The molecule has 32 heavy (non-hydrogen) atoms. The van der Waals surface area contributed by atoms with Crippen molar-refractivity contribution in [3.05, 3.63) is 69.6 Å². The standard InChI is InChI=1S/C26H34N2O3S/c1-25(2,3)22-16-20(17-23(24(22)29)26(4,5)6)15-21(18-27)32(30,31)28-14-10-13-19-11-8-7-9-12-19/h7-9,11-12,15-17,28-29H,10,13-14H2,1-6H3. The lowest BCUT2D eigenvalue weighted by atomic mass is 9.78. The number of rotatable bonds is 7. The zero-order valence-electron chi connectivity index (χ0n) is 19.9. The zero-order chi connectivity index (χ0) is 24.2. The third-order valence-corrected chi connectivity index (χ3v) is 6.60. The van der Waals surface area contributed by atoms with Gasteiger partial charge in [0.05, 0.1) is 0 Å². The maximum atomic E-state index is 12.8. The molecule has 0 atom stereocenters. The van der Waals surface area contributed by atoms with E-state index in [-0.39, 0.29) is 28.0 Å². The molecular weight excluding hydrogens is 420 g/mol. The molecule has 2 N–H and O–H groups in total. The monoisotopic (exact) mass is 454 g/mol. The predicted octanol–water partition coefficient (Wildman–Crippen LogP) is 5.40. The first-order valence-electron chi connectivity index (χ1n) is 10.8. The second-order valence-corrected chi connectivity index (χ2v) is 11.8. The number of aromatic hydroxyl groups is 1. The molecule has 172 valence electrons. The summed E-state index contributed by atoms with van der Waals surface area (Å²) in [4.78, 5) is -0.345. The maximum absolute atomic E-state index is 12.8. The predicted molar refractivity (Wildman–Crippen MR) is 131 cm³/mol. The zero-order valence-corrected chi connectivity index (χ0v) is 20.7. The molecule has 0 amide bonds. The third kappa shape index (κ3) is 6.69. The Morgan fingerprint density at radius 1 is 1.03 bits per heavy atom. The number of aryl methyl sites for hydroxylation is 1. The Labute approximate surface area is 192 Å². The number of nitrogens with one attached hydrogen (secondary N) is 1. The van der Waals surface area contributed by atoms with Gasteiger partial charge in [-0.3, -0.25) is 0 Å². The highest BCUT2D eigenvalue weighted by Gasteiger charge is 2.27. The summed E-state index contributed by atoms with van der Waals surface area (Å²) >= 11 is 0. The molecule has 0 spiro atoms. The van der Waals surface area contributed by atoms with Crippen molar-refractivity contribution in [1.82, 2.24) is 4.72 Å². The Balaban J connectivity index is 2.32. The van der Waals surface area contributed by atoms with E-state index in [1.54, 1.807) is 12.1 Å². The van der Waals surface area contributed by atoms with Gasteiger partial charge in [0.25, 0.3) is 10.0 Å². The van der Waals surface area contributed by atoms with Gasteiger partial charge in [-0.2, -0.15) is 5.26 Å². The van der Waals surface area contributed by atoms with Crippen LogP contribution >= 0.6 is 0 Å². The summed E-state index contributed by atoms with van der Waals surface area (Å²) in [7, 11) is -3.94. The normalized spacial score (nSPS) is 13.1. The van der Waals surface area contributed by atoms with E-state index in [0.717, 1.165) is 12.0 Å². The number of phenols is 1. The minimum atomic E-state index is -3.94. The van der Waals surface area contributed by atoms with Crippen LogP contribution in [0.2, 0.25) is 0 Å². The van der Waals surface area contributed by atoms with E-state index in [2.05, 4.69) is 4.72 Å². The number of nitrogens with zero attached hydrogens (tertiary/aromatic N) is 1. The molecule has 0 bridgehead atoms. The number of hydrogen-bond donors (Lipinski definition) is 2. The van der Waals surface area contributed by atoms with Gasteiger partial charge in [-0.25, -0.2) is 13.1 Å². The smallest absolute Gasteiger partial charge is 0.250 e. The first-order valence-corrected chi connectivity index (χ1v) is 12.3. The van der Waals surface area contributed by atoms with Crippen molar-refractivity contribution >= 4 is 16.1 Å². The van der Waals surface area contributed by atoms with Crippen LogP contribution in [0.4, 0.5) is 0 Å². The molecule has 2 rings (SSSR count). The van der Waals surface area contributed by atoms with Crippen molar-refractivity contribution in [3.63, 3.8) is 0 Å². The van der Waals surface area contributed by atoms with Crippen molar-refractivity contribution in [3.8, 4) is 11.8 Å². The van der Waals surface area contributed by atoms with Gasteiger partial charge >= 0.3 is 0 Å². The number of phenolic OH excluding ortho intramolecular Hbond substituents is 1. The number of hydrogen-bond acceptors (Lipinski definition) is 4. The van der Waals surface area contributed by atoms with Crippen molar-refractivity contribution in [2.24, 2.45) is 0 Å². The van der Waals surface area contributed by atoms with Crippen LogP contribution in [0.1, 0.15) is 70.2 Å². The average Bonchev–Trinajstić information content (AvgIpc) is 2.69. The minimum Gasteiger partial charge on any atom is -0.507 e. The van der Waals surface area contributed by atoms with E-state index in [1.807, 2.05) is 77.9 Å². The van der Waals surface area contributed by atoms with Crippen LogP contribution in [0, 0.1) is 11.3 Å². The van der Waals surface area contributed by atoms with E-state index < -0.39 is 10.0 Å². The van der Waals surface area contributed by atoms with Crippen LogP contribution in [-0.4, -0.2) is 20.1 Å². The second kappa shape index (κ2) is 9.89. The Kier molecular flexibility index (Phi) is 7.92. The maximum Gasteiger partial charge on any atom is 0.250 e. The highest BCUT2D eigenvalue weighted by molar-refractivity contribution is 7.93. The summed E-state index contributed by atoms with van der Waals surface area (Å²) < 4.78 is 28.0. The molecule has 0 aliphatic heterocycles. The van der Waals surface area contributed by atoms with Gasteiger partial charge in [0.1, 0.15) is 11.8 Å². The summed E-state index contributed by atoms with van der Waals surface area (Å²) in [6, 6.07) is 15.2. The summed E-state index contributed by atoms with van der Waals surface area (Å²) in [6.45, 7) is 12.1. The van der Waals surface area contributed by atoms with E-state index in [1.165, 1.54) is 6.08 Å². The van der Waals surface area contributed by atoms with E-state index in [9.17, 15) is 18.8 Å². The molecule has 6 heteroatoms. The molecule has 5 nitrogen and oxygen atoms in total. The van der Waals surface area contributed by atoms with Gasteiger partial charge in [-0.1, -0.05) is 71.9 Å². The highest BCUT2D eigenvalue weighted by atomic mass is 32.2. The molecule has 0 radical (unpaired) electrons. The van der Waals surface area contributed by atoms with Gasteiger partial charge in [-0.15, -0.1) is 0 Å². The van der Waals surface area contributed by atoms with Crippen molar-refractivity contribution in [2.75, 3.05) is 6.54 Å². The first kappa shape index (κ1) is 25.6. The number of sulfonamides is 1. The van der Waals surface area contributed by atoms with Gasteiger partial charge in [0.15, 0.2) is 4.91 Å². The van der Waals surface area contributed by atoms with Crippen LogP contribution < -0.4 is 4.72 Å². The molecule has 0 unspecified atom stereocenters. The fourth-order valence-electron chi connectivity index (χ4n) is 3.43. The molecule has 0 heterocycles. The fraction of sp³-hybridized carbons (Fsp3) is 0.423. The Bertz CT molecular complexity index is 1080. The van der Waals surface area contributed by atoms with Gasteiger partial charge in [0, 0.05) is 17.7 Å². The molecule has 0 saturated heterocycles. The highest BCUT2D eigenvalue weighted by Crippen LogP contribution is 2.40. The van der Waals surface area contributed by atoms with Crippen LogP contribution in [0.5, 0.6) is 5.75 Å². The lowest BCUT2D eigenvalue weighted by Crippen LogP contribution is -2.26. The summed E-state index contributed by atoms with van der Waals surface area (Å²) in [5.74, 6) is 0.211. The Morgan fingerprint density at radius 2 is 1.56 bits per heavy atom. The van der Waals surface area contributed by atoms with Crippen LogP contribution in [0.3, 0.4) is 0 Å². The Morgan fingerprint density at radius 3 is 2.03 bits per heavy atom. The van der Waals surface area contributed by atoms with Gasteiger partial charge in [0.2, 0.25) is 0 Å². The van der Waals surface area contributed by atoms with Crippen LogP contribution in [-0.2, 0) is 27.3 Å². The summed E-state index contributed by atoms with van der Waals surface area (Å²) in [5.41, 5.74) is 2.42. The largest absolute Gasteiger partial charge is 0.507 e. The van der Waals surface area contributed by atoms with Crippen LogP contribution in [0.25, 0.3) is 6.08 Å². The van der Waals surface area contributed by atoms with Gasteiger partial charge < -0.3 is 5.11 Å². The molecule has 2 aromatic carbocycles. The van der Waals surface area contributed by atoms with E-state index in [4.69, 9.17) is 0 Å². The van der Waals surface area contributed by atoms with E-state index in [0.29, 0.717) is 23.1 Å². The van der Waals surface area contributed by atoms with Crippen molar-refractivity contribution < 1.29 is 13.5 Å². The second-order valence-electron chi connectivity index (χ2n) is 10.1. The van der Waals surface area contributed by atoms with Crippen molar-refractivity contribution in [1.29, 1.82) is 5.26 Å². The number of benzene rings is 2. The number of allylic oxidation sites excluding steroid dienone is 1. The van der Waals surface area contributed by atoms with Crippen LogP contribution in [0.15, 0.2) is 47.4 Å². The summed E-state index contributed by atoms with van der Waals surface area (Å²) in [5, 5.41) is 20.4. The average molecular weight is 455 g/mol. The quantitative estimate of drug-likeness (QED) is 0.433. The molecule has 2 aromatic rings. The molecule has 0 aliphatic carbocycles. The molecule has 0 saturated carbocycles. The van der Waals surface area contributed by atoms with E-state index >= 15 is 0 Å². The molecular formula is C26H34N2O3S. The lowest BCUT2D eigenvalue weighted by molar-refractivity contribution is 0.423. The fourth-order valence-corrected chi connectivity index (χ4v) is 4.41. The third-order valence-electron chi connectivity index (χ3n) is 5.22. The molecule has 0 fully saturated rings. The SMILES string of the molecule is CC(C)(C)c1cc(C=C(C#N)S(=O)(=O)NCCCc2ccccc2)cc(C(C)(C)C)c1O. The topological polar surface area (TPSA) is 90.2 Å². The minimum absolute atomic E-state index is 0.211. The lowest BCUT2D eigenvalue weighted by Gasteiger charge is -2.28. The Hall–Kier alpha value is -2.62. The number of nitriles is 1.